The molecule has 0 bridgehead atoms. The van der Waals surface area contributed by atoms with E-state index in [0.717, 1.165) is 5.56 Å². The van der Waals surface area contributed by atoms with Gasteiger partial charge in [-0.3, -0.25) is 0 Å². The van der Waals surface area contributed by atoms with E-state index in [2.05, 4.69) is 20.8 Å². The number of hydrogen-bond donors (Lipinski definition) is 1. The van der Waals surface area contributed by atoms with Crippen LogP contribution in [-0.4, -0.2) is 7.11 Å². The third kappa shape index (κ3) is 2.12. The molecule has 3 heteroatoms. The van der Waals surface area contributed by atoms with Crippen molar-refractivity contribution in [2.75, 3.05) is 12.8 Å². The Morgan fingerprint density at radius 2 is 1.94 bits per heavy atom. The fourth-order valence-corrected chi connectivity index (χ4v) is 3.06. The van der Waals surface area contributed by atoms with Crippen LogP contribution in [0.15, 0.2) is 18.2 Å². The van der Waals surface area contributed by atoms with Crippen molar-refractivity contribution in [3.05, 3.63) is 28.8 Å². The first-order chi connectivity index (χ1) is 8.32. The predicted octanol–water partition coefficient (Wildman–Crippen LogP) is 4.44. The van der Waals surface area contributed by atoms with E-state index in [1.807, 2.05) is 18.2 Å². The van der Waals surface area contributed by atoms with Gasteiger partial charge in [0.1, 0.15) is 0 Å². The fourth-order valence-electron chi connectivity index (χ4n) is 2.95. The predicted molar refractivity (Wildman–Crippen MR) is 76.7 cm³/mol. The van der Waals surface area contributed by atoms with Gasteiger partial charge in [0.15, 0.2) is 0 Å². The van der Waals surface area contributed by atoms with Gasteiger partial charge in [0.2, 0.25) is 0 Å². The first-order valence-corrected chi connectivity index (χ1v) is 6.77. The zero-order valence-electron chi connectivity index (χ0n) is 11.6. The van der Waals surface area contributed by atoms with Crippen LogP contribution in [-0.2, 0) is 4.74 Å². The number of nitrogens with two attached hydrogens (primary N) is 1. The largest absolute Gasteiger partial charge is 0.398 e. The summed E-state index contributed by atoms with van der Waals surface area (Å²) in [6.45, 7) is 6.85. The molecule has 0 radical (unpaired) electrons. The normalized spacial score (nSPS) is 19.6. The molecule has 1 unspecified atom stereocenters. The van der Waals surface area contributed by atoms with Gasteiger partial charge in [-0.05, 0) is 36.0 Å². The van der Waals surface area contributed by atoms with E-state index >= 15 is 0 Å². The zero-order chi connectivity index (χ0) is 13.6. The van der Waals surface area contributed by atoms with Crippen molar-refractivity contribution in [3.8, 4) is 0 Å². The molecule has 0 aliphatic heterocycles. The second kappa shape index (κ2) is 4.43. The second-order valence-corrected chi connectivity index (χ2v) is 6.71. The molecule has 0 heterocycles. The highest BCUT2D eigenvalue weighted by Crippen LogP contribution is 2.66. The molecule has 0 aromatic heterocycles. The molecule has 2 nitrogen and oxygen atoms in total. The Hall–Kier alpha value is -0.730. The molecule has 18 heavy (non-hydrogen) atoms. The smallest absolute Gasteiger partial charge is 0.0883 e. The standard InChI is InChI=1S/C15H22ClNO/c1-14(2,3)15(7-8-15)13(18-4)10-5-6-11(16)12(17)9-10/h5-6,9,13H,7-8,17H2,1-4H3. The summed E-state index contributed by atoms with van der Waals surface area (Å²) in [4.78, 5) is 0. The molecule has 1 aromatic carbocycles. The number of hydrogen-bond acceptors (Lipinski definition) is 2. The van der Waals surface area contributed by atoms with Crippen LogP contribution in [0.3, 0.4) is 0 Å². The lowest BCUT2D eigenvalue weighted by Gasteiger charge is -2.37. The Kier molecular flexibility index (Phi) is 3.37. The first kappa shape index (κ1) is 13.7. The van der Waals surface area contributed by atoms with E-state index in [4.69, 9.17) is 22.1 Å². The third-order valence-electron chi connectivity index (χ3n) is 4.34. The molecule has 1 atom stereocenters. The van der Waals surface area contributed by atoms with Gasteiger partial charge >= 0.3 is 0 Å². The first-order valence-electron chi connectivity index (χ1n) is 6.39. The number of rotatable bonds is 3. The van der Waals surface area contributed by atoms with E-state index in [-0.39, 0.29) is 16.9 Å². The van der Waals surface area contributed by atoms with Gasteiger partial charge in [-0.15, -0.1) is 0 Å². The second-order valence-electron chi connectivity index (χ2n) is 6.30. The van der Waals surface area contributed by atoms with E-state index in [1.165, 1.54) is 12.8 Å². The monoisotopic (exact) mass is 267 g/mol. The molecule has 1 aliphatic rings. The van der Waals surface area contributed by atoms with Crippen LogP contribution >= 0.6 is 11.6 Å². The highest BCUT2D eigenvalue weighted by Gasteiger charge is 2.57. The van der Waals surface area contributed by atoms with E-state index < -0.39 is 0 Å². The van der Waals surface area contributed by atoms with E-state index in [9.17, 15) is 0 Å². The average Bonchev–Trinajstić information content (AvgIpc) is 3.05. The Balaban J connectivity index is 2.38. The Bertz CT molecular complexity index is 446. The van der Waals surface area contributed by atoms with Crippen LogP contribution in [0, 0.1) is 10.8 Å². The molecule has 0 saturated heterocycles. The van der Waals surface area contributed by atoms with E-state index in [1.54, 1.807) is 7.11 Å². The van der Waals surface area contributed by atoms with Crippen LogP contribution in [0.4, 0.5) is 5.69 Å². The maximum Gasteiger partial charge on any atom is 0.0883 e. The Morgan fingerprint density at radius 1 is 1.33 bits per heavy atom. The van der Waals surface area contributed by atoms with Crippen molar-refractivity contribution < 1.29 is 4.74 Å². The molecule has 0 amide bonds. The summed E-state index contributed by atoms with van der Waals surface area (Å²) in [6.07, 6.45) is 2.51. The van der Waals surface area contributed by atoms with Gasteiger partial charge in [-0.25, -0.2) is 0 Å². The number of anilines is 1. The molecule has 1 aliphatic carbocycles. The molecule has 1 fully saturated rings. The minimum atomic E-state index is 0.0945. The van der Waals surface area contributed by atoms with Gasteiger partial charge < -0.3 is 10.5 Å². The third-order valence-corrected chi connectivity index (χ3v) is 4.69. The lowest BCUT2D eigenvalue weighted by atomic mass is 9.72. The minimum Gasteiger partial charge on any atom is -0.398 e. The van der Waals surface area contributed by atoms with Crippen LogP contribution < -0.4 is 5.73 Å². The summed E-state index contributed by atoms with van der Waals surface area (Å²) in [5, 5.41) is 0.606. The van der Waals surface area contributed by atoms with Crippen molar-refractivity contribution in [1.29, 1.82) is 0 Å². The van der Waals surface area contributed by atoms with Gasteiger partial charge in [-0.2, -0.15) is 0 Å². The fraction of sp³-hybridized carbons (Fsp3) is 0.600. The van der Waals surface area contributed by atoms with Crippen molar-refractivity contribution >= 4 is 17.3 Å². The molecule has 1 aromatic rings. The van der Waals surface area contributed by atoms with Gasteiger partial charge in [0, 0.05) is 12.5 Å². The Labute approximate surface area is 114 Å². The quantitative estimate of drug-likeness (QED) is 0.822. The van der Waals surface area contributed by atoms with Crippen LogP contribution in [0.1, 0.15) is 45.3 Å². The molecule has 2 N–H and O–H groups in total. The van der Waals surface area contributed by atoms with Crippen molar-refractivity contribution in [2.45, 2.75) is 39.7 Å². The summed E-state index contributed by atoms with van der Waals surface area (Å²) in [5.41, 5.74) is 8.10. The van der Waals surface area contributed by atoms with Crippen molar-refractivity contribution in [3.63, 3.8) is 0 Å². The average molecular weight is 268 g/mol. The maximum absolute atomic E-state index is 5.98. The van der Waals surface area contributed by atoms with E-state index in [0.29, 0.717) is 10.7 Å². The SMILES string of the molecule is COC(c1ccc(Cl)c(N)c1)C1(C(C)(C)C)CC1. The van der Waals surface area contributed by atoms with Crippen LogP contribution in [0.25, 0.3) is 0 Å². The molecular formula is C15H22ClNO. The highest BCUT2D eigenvalue weighted by atomic mass is 35.5. The van der Waals surface area contributed by atoms with Gasteiger partial charge in [0.25, 0.3) is 0 Å². The van der Waals surface area contributed by atoms with Gasteiger partial charge in [-0.1, -0.05) is 38.4 Å². The molecule has 1 saturated carbocycles. The van der Waals surface area contributed by atoms with Gasteiger partial charge in [0.05, 0.1) is 16.8 Å². The minimum absolute atomic E-state index is 0.0945. The topological polar surface area (TPSA) is 35.2 Å². The molecular weight excluding hydrogens is 246 g/mol. The highest BCUT2D eigenvalue weighted by molar-refractivity contribution is 6.33. The number of ether oxygens (including phenoxy) is 1. The lowest BCUT2D eigenvalue weighted by Crippen LogP contribution is -2.30. The number of nitrogen functional groups attached to an aromatic ring is 1. The van der Waals surface area contributed by atoms with Crippen LogP contribution in [0.5, 0.6) is 0 Å². The summed E-state index contributed by atoms with van der Waals surface area (Å²) in [6, 6.07) is 5.83. The molecule has 2 rings (SSSR count). The molecule has 0 spiro atoms. The Morgan fingerprint density at radius 3 is 2.33 bits per heavy atom. The zero-order valence-corrected chi connectivity index (χ0v) is 12.3. The summed E-state index contributed by atoms with van der Waals surface area (Å²) in [5.74, 6) is 0. The lowest BCUT2D eigenvalue weighted by molar-refractivity contribution is -0.0143. The number of methoxy groups -OCH3 is 1. The number of halogens is 1. The maximum atomic E-state index is 5.98. The summed E-state index contributed by atoms with van der Waals surface area (Å²) < 4.78 is 5.79. The van der Waals surface area contributed by atoms with Crippen molar-refractivity contribution in [1.82, 2.24) is 0 Å². The number of benzene rings is 1. The summed E-state index contributed by atoms with van der Waals surface area (Å²) >= 11 is 5.98. The molecule has 100 valence electrons. The van der Waals surface area contributed by atoms with Crippen molar-refractivity contribution in [2.24, 2.45) is 10.8 Å². The van der Waals surface area contributed by atoms with Crippen LogP contribution in [0.2, 0.25) is 5.02 Å². The summed E-state index contributed by atoms with van der Waals surface area (Å²) in [7, 11) is 1.78.